The highest BCUT2D eigenvalue weighted by Gasteiger charge is 2.12. The Morgan fingerprint density at radius 3 is 2.70 bits per heavy atom. The first-order chi connectivity index (χ1) is 9.61. The van der Waals surface area contributed by atoms with E-state index in [0.717, 1.165) is 0 Å². The maximum Gasteiger partial charge on any atom is 0.356 e. The van der Waals surface area contributed by atoms with Gasteiger partial charge in [-0.05, 0) is 24.3 Å². The van der Waals surface area contributed by atoms with Crippen LogP contribution in [-0.4, -0.2) is 29.1 Å². The molecule has 0 saturated heterocycles. The summed E-state index contributed by atoms with van der Waals surface area (Å²) in [5.41, 5.74) is 0.402. The van der Waals surface area contributed by atoms with Gasteiger partial charge in [-0.2, -0.15) is 0 Å². The van der Waals surface area contributed by atoms with Crippen LogP contribution in [-0.2, 0) is 4.74 Å². The van der Waals surface area contributed by atoms with Crippen LogP contribution in [0.25, 0.3) is 0 Å². The van der Waals surface area contributed by atoms with Gasteiger partial charge in [0.05, 0.1) is 12.7 Å². The number of rotatable bonds is 4. The summed E-state index contributed by atoms with van der Waals surface area (Å²) >= 11 is 1.26. The number of hydrogen-bond acceptors (Lipinski definition) is 5. The molecule has 20 heavy (non-hydrogen) atoms. The van der Waals surface area contributed by atoms with Gasteiger partial charge in [0, 0.05) is 16.0 Å². The van der Waals surface area contributed by atoms with Crippen LogP contribution in [0.3, 0.4) is 0 Å². The predicted molar refractivity (Wildman–Crippen MR) is 73.1 cm³/mol. The lowest BCUT2D eigenvalue weighted by atomic mass is 10.2. The second-order valence-corrected chi connectivity index (χ2v) is 4.89. The number of carbonyl (C=O) groups excluding carboxylic acids is 1. The van der Waals surface area contributed by atoms with Crippen molar-refractivity contribution in [2.24, 2.45) is 0 Å². The highest BCUT2D eigenvalue weighted by molar-refractivity contribution is 7.99. The van der Waals surface area contributed by atoms with Gasteiger partial charge < -0.3 is 9.84 Å². The SMILES string of the molecule is COC(=O)c1cc(Sc2ccccc2C(=O)O)ccn1. The molecular weight excluding hydrogens is 278 g/mol. The van der Waals surface area contributed by atoms with E-state index in [-0.39, 0.29) is 11.3 Å². The van der Waals surface area contributed by atoms with Crippen LogP contribution in [0.2, 0.25) is 0 Å². The van der Waals surface area contributed by atoms with Crippen LogP contribution < -0.4 is 0 Å². The molecule has 6 heteroatoms. The smallest absolute Gasteiger partial charge is 0.356 e. The summed E-state index contributed by atoms with van der Waals surface area (Å²) in [5.74, 6) is -1.52. The lowest BCUT2D eigenvalue weighted by molar-refractivity contribution is 0.0592. The van der Waals surface area contributed by atoms with Crippen molar-refractivity contribution in [2.75, 3.05) is 7.11 Å². The average molecular weight is 289 g/mol. The van der Waals surface area contributed by atoms with Gasteiger partial charge in [-0.15, -0.1) is 0 Å². The van der Waals surface area contributed by atoms with Crippen molar-refractivity contribution >= 4 is 23.7 Å². The molecule has 0 spiro atoms. The molecule has 2 aromatic rings. The molecule has 0 aliphatic rings. The third kappa shape index (κ3) is 3.16. The van der Waals surface area contributed by atoms with Crippen LogP contribution in [0.15, 0.2) is 52.4 Å². The summed E-state index contributed by atoms with van der Waals surface area (Å²) in [4.78, 5) is 27.8. The molecular formula is C14H11NO4S. The van der Waals surface area contributed by atoms with E-state index in [9.17, 15) is 9.59 Å². The van der Waals surface area contributed by atoms with Crippen molar-refractivity contribution in [1.82, 2.24) is 4.98 Å². The van der Waals surface area contributed by atoms with Crippen LogP contribution in [0.4, 0.5) is 0 Å². The van der Waals surface area contributed by atoms with Gasteiger partial charge >= 0.3 is 11.9 Å². The number of methoxy groups -OCH3 is 1. The molecule has 1 aromatic carbocycles. The Labute approximate surface area is 119 Å². The number of aromatic nitrogens is 1. The predicted octanol–water partition coefficient (Wildman–Crippen LogP) is 2.72. The summed E-state index contributed by atoms with van der Waals surface area (Å²) in [6.45, 7) is 0. The Balaban J connectivity index is 2.31. The Morgan fingerprint density at radius 1 is 1.25 bits per heavy atom. The Bertz CT molecular complexity index is 657. The zero-order valence-electron chi connectivity index (χ0n) is 10.6. The van der Waals surface area contributed by atoms with Gasteiger partial charge in [0.25, 0.3) is 0 Å². The van der Waals surface area contributed by atoms with E-state index in [0.29, 0.717) is 9.79 Å². The fraction of sp³-hybridized carbons (Fsp3) is 0.0714. The lowest BCUT2D eigenvalue weighted by Crippen LogP contribution is -2.03. The molecule has 1 aromatic heterocycles. The van der Waals surface area contributed by atoms with Crippen molar-refractivity contribution in [3.8, 4) is 0 Å². The normalized spacial score (nSPS) is 10.1. The van der Waals surface area contributed by atoms with Gasteiger partial charge in [-0.1, -0.05) is 23.9 Å². The molecule has 0 unspecified atom stereocenters. The molecule has 1 heterocycles. The number of hydrogen-bond donors (Lipinski definition) is 1. The van der Waals surface area contributed by atoms with Crippen LogP contribution in [0.5, 0.6) is 0 Å². The molecule has 0 amide bonds. The van der Waals surface area contributed by atoms with Crippen molar-refractivity contribution in [2.45, 2.75) is 9.79 Å². The topological polar surface area (TPSA) is 76.5 Å². The second kappa shape index (κ2) is 6.21. The summed E-state index contributed by atoms with van der Waals surface area (Å²) < 4.78 is 4.60. The molecule has 0 fully saturated rings. The number of ether oxygens (including phenoxy) is 1. The second-order valence-electron chi connectivity index (χ2n) is 3.77. The highest BCUT2D eigenvalue weighted by atomic mass is 32.2. The van der Waals surface area contributed by atoms with Crippen molar-refractivity contribution in [3.05, 3.63) is 53.9 Å². The number of carbonyl (C=O) groups is 2. The van der Waals surface area contributed by atoms with Crippen LogP contribution in [0.1, 0.15) is 20.8 Å². The average Bonchev–Trinajstić information content (AvgIpc) is 2.47. The monoisotopic (exact) mass is 289 g/mol. The van der Waals surface area contributed by atoms with Crippen LogP contribution in [0, 0.1) is 0 Å². The molecule has 1 N–H and O–H groups in total. The number of benzene rings is 1. The van der Waals surface area contributed by atoms with Gasteiger partial charge in [0.1, 0.15) is 5.69 Å². The zero-order valence-corrected chi connectivity index (χ0v) is 11.4. The lowest BCUT2D eigenvalue weighted by Gasteiger charge is -2.06. The number of pyridine rings is 1. The zero-order chi connectivity index (χ0) is 14.5. The Hall–Kier alpha value is -2.34. The fourth-order valence-electron chi connectivity index (χ4n) is 1.55. The molecule has 2 rings (SSSR count). The third-order valence-corrected chi connectivity index (χ3v) is 3.54. The molecule has 102 valence electrons. The molecule has 5 nitrogen and oxygen atoms in total. The van der Waals surface area contributed by atoms with Gasteiger partial charge in [0.2, 0.25) is 0 Å². The minimum Gasteiger partial charge on any atom is -0.478 e. The van der Waals surface area contributed by atoms with Gasteiger partial charge in [-0.3, -0.25) is 0 Å². The van der Waals surface area contributed by atoms with E-state index in [1.54, 1.807) is 30.3 Å². The standard InChI is InChI=1S/C14H11NO4S/c1-19-14(18)11-8-9(6-7-15-11)20-12-5-3-2-4-10(12)13(16)17/h2-8H,1H3,(H,16,17). The summed E-state index contributed by atoms with van der Waals surface area (Å²) in [6.07, 6.45) is 1.48. The Morgan fingerprint density at radius 2 is 2.00 bits per heavy atom. The quantitative estimate of drug-likeness (QED) is 0.872. The maximum absolute atomic E-state index is 11.4. The van der Waals surface area contributed by atoms with Crippen molar-refractivity contribution < 1.29 is 19.4 Å². The molecule has 0 saturated carbocycles. The first kappa shape index (κ1) is 14.1. The minimum absolute atomic E-state index is 0.185. The number of aromatic carboxylic acids is 1. The number of nitrogens with zero attached hydrogens (tertiary/aromatic N) is 1. The van der Waals surface area contributed by atoms with Crippen molar-refractivity contribution in [3.63, 3.8) is 0 Å². The Kier molecular flexibility index (Phi) is 4.37. The minimum atomic E-state index is -0.990. The largest absolute Gasteiger partial charge is 0.478 e. The molecule has 0 bridgehead atoms. The number of carboxylic acids is 1. The van der Waals surface area contributed by atoms with E-state index in [1.807, 2.05) is 0 Å². The first-order valence-electron chi connectivity index (χ1n) is 5.66. The maximum atomic E-state index is 11.4. The van der Waals surface area contributed by atoms with Crippen LogP contribution >= 0.6 is 11.8 Å². The molecule has 0 radical (unpaired) electrons. The molecule has 0 aliphatic heterocycles. The molecule has 0 aliphatic carbocycles. The van der Waals surface area contributed by atoms with Gasteiger partial charge in [-0.25, -0.2) is 14.6 Å². The third-order valence-electron chi connectivity index (χ3n) is 2.47. The summed E-state index contributed by atoms with van der Waals surface area (Å²) in [5, 5.41) is 9.12. The number of esters is 1. The van der Waals surface area contributed by atoms with Crippen molar-refractivity contribution in [1.29, 1.82) is 0 Å². The first-order valence-corrected chi connectivity index (χ1v) is 6.48. The fourth-order valence-corrected chi connectivity index (χ4v) is 2.52. The van der Waals surface area contributed by atoms with E-state index in [4.69, 9.17) is 5.11 Å². The van der Waals surface area contributed by atoms with Gasteiger partial charge in [0.15, 0.2) is 0 Å². The highest BCUT2D eigenvalue weighted by Crippen LogP contribution is 2.30. The number of carboxylic acid groups (broad SMARTS) is 1. The van der Waals surface area contributed by atoms with E-state index in [2.05, 4.69) is 9.72 Å². The summed E-state index contributed by atoms with van der Waals surface area (Å²) in [7, 11) is 1.28. The van der Waals surface area contributed by atoms with E-state index in [1.165, 1.54) is 31.1 Å². The summed E-state index contributed by atoms with van der Waals surface area (Å²) in [6, 6.07) is 9.95. The van der Waals surface area contributed by atoms with E-state index < -0.39 is 11.9 Å². The van der Waals surface area contributed by atoms with E-state index >= 15 is 0 Å². The molecule has 0 atom stereocenters.